The second kappa shape index (κ2) is 15.9. The number of nitrogens with zero attached hydrogens (tertiary/aromatic N) is 1. The maximum absolute atomic E-state index is 14.5. The Bertz CT molecular complexity index is 1310. The Morgan fingerprint density at radius 2 is 1.47 bits per heavy atom. The van der Waals surface area contributed by atoms with Crippen molar-refractivity contribution in [3.8, 4) is 0 Å². The van der Waals surface area contributed by atoms with Crippen LogP contribution in [0.2, 0.25) is 0 Å². The third kappa shape index (κ3) is 11.5. The van der Waals surface area contributed by atoms with Crippen LogP contribution in [0.25, 0.3) is 0 Å². The van der Waals surface area contributed by atoms with Crippen molar-refractivity contribution < 1.29 is 33.8 Å². The molecule has 0 saturated heterocycles. The number of esters is 1. The average Bonchev–Trinajstić information content (AvgIpc) is 2.92. The molecule has 0 aliphatic heterocycles. The average molecular weight is 626 g/mol. The van der Waals surface area contributed by atoms with Crippen LogP contribution in [-0.2, 0) is 30.3 Å². The number of aryl methyl sites for hydroxylation is 2. The van der Waals surface area contributed by atoms with Gasteiger partial charge in [-0.25, -0.2) is 9.59 Å². The summed E-state index contributed by atoms with van der Waals surface area (Å²) < 4.78 is 11.0. The number of aliphatic hydroxyl groups excluding tert-OH is 1. The number of hydrogen-bond acceptors (Lipinski definition) is 7. The molecular formula is C35H51N3O7. The van der Waals surface area contributed by atoms with Crippen molar-refractivity contribution in [3.63, 3.8) is 0 Å². The zero-order valence-electron chi connectivity index (χ0n) is 28.4. The van der Waals surface area contributed by atoms with Crippen molar-refractivity contribution in [1.82, 2.24) is 15.5 Å². The second-order valence-corrected chi connectivity index (χ2v) is 13.4. The highest BCUT2D eigenvalue weighted by atomic mass is 16.6. The van der Waals surface area contributed by atoms with Crippen LogP contribution in [0.4, 0.5) is 4.79 Å². The van der Waals surface area contributed by atoms with E-state index >= 15 is 0 Å². The lowest BCUT2D eigenvalue weighted by Crippen LogP contribution is -2.58. The Kier molecular flexibility index (Phi) is 13.2. The van der Waals surface area contributed by atoms with Crippen molar-refractivity contribution >= 4 is 23.9 Å². The summed E-state index contributed by atoms with van der Waals surface area (Å²) in [5.74, 6) is -1.88. The molecule has 3 N–H and O–H groups in total. The minimum absolute atomic E-state index is 0.165. The molecule has 0 heterocycles. The fraction of sp³-hybridized carbons (Fsp3) is 0.543. The Morgan fingerprint density at radius 3 is 1.98 bits per heavy atom. The highest BCUT2D eigenvalue weighted by Gasteiger charge is 2.40. The van der Waals surface area contributed by atoms with Gasteiger partial charge in [0.2, 0.25) is 11.8 Å². The van der Waals surface area contributed by atoms with E-state index < -0.39 is 65.9 Å². The van der Waals surface area contributed by atoms with Crippen LogP contribution in [0.5, 0.6) is 0 Å². The van der Waals surface area contributed by atoms with E-state index in [4.69, 9.17) is 9.47 Å². The predicted octanol–water partition coefficient (Wildman–Crippen LogP) is 4.93. The number of aliphatic hydroxyl groups is 1. The SMILES string of the molecule is CCC(C)N(C(=O)C(CO)NC(=O)OC(C)(C)C)C(C(=O)NC(Cc1ccccc1)C(=O)OC(C)(C)C)c1ccc(C)cc1C. The van der Waals surface area contributed by atoms with Gasteiger partial charge in [-0.05, 0) is 85.4 Å². The number of carbonyl (C=O) groups excluding carboxylic acids is 4. The first kappa shape index (κ1) is 37.3. The van der Waals surface area contributed by atoms with Crippen molar-refractivity contribution in [3.05, 3.63) is 70.8 Å². The Labute approximate surface area is 267 Å². The van der Waals surface area contributed by atoms with Gasteiger partial charge in [0.1, 0.15) is 29.3 Å². The quantitative estimate of drug-likeness (QED) is 0.285. The minimum Gasteiger partial charge on any atom is -0.458 e. The van der Waals surface area contributed by atoms with Gasteiger partial charge in [-0.3, -0.25) is 9.59 Å². The second-order valence-electron chi connectivity index (χ2n) is 13.4. The van der Waals surface area contributed by atoms with Gasteiger partial charge in [0.05, 0.1) is 6.61 Å². The number of amides is 3. The molecule has 0 saturated carbocycles. The van der Waals surface area contributed by atoms with Crippen LogP contribution in [0.15, 0.2) is 48.5 Å². The van der Waals surface area contributed by atoms with Gasteiger partial charge >= 0.3 is 12.1 Å². The van der Waals surface area contributed by atoms with Gasteiger partial charge in [-0.1, -0.05) is 61.0 Å². The fourth-order valence-electron chi connectivity index (χ4n) is 4.83. The summed E-state index contributed by atoms with van der Waals surface area (Å²) in [7, 11) is 0. The lowest BCUT2D eigenvalue weighted by molar-refractivity contribution is -0.159. The fourth-order valence-corrected chi connectivity index (χ4v) is 4.83. The van der Waals surface area contributed by atoms with E-state index in [0.717, 1.165) is 16.7 Å². The summed E-state index contributed by atoms with van der Waals surface area (Å²) in [6.07, 6.45) is -0.248. The van der Waals surface area contributed by atoms with Crippen LogP contribution < -0.4 is 10.6 Å². The number of hydrogen-bond donors (Lipinski definition) is 3. The number of benzene rings is 2. The molecule has 0 aliphatic carbocycles. The Balaban J connectivity index is 2.63. The first-order valence-electron chi connectivity index (χ1n) is 15.4. The number of carbonyl (C=O) groups is 4. The summed E-state index contributed by atoms with van der Waals surface area (Å²) in [6.45, 7) is 17.0. The molecule has 10 nitrogen and oxygen atoms in total. The van der Waals surface area contributed by atoms with Crippen LogP contribution in [0, 0.1) is 13.8 Å². The molecule has 45 heavy (non-hydrogen) atoms. The molecule has 0 aliphatic rings. The number of ether oxygens (including phenoxy) is 2. The van der Waals surface area contributed by atoms with Crippen molar-refractivity contribution in [1.29, 1.82) is 0 Å². The summed E-state index contributed by atoms with van der Waals surface area (Å²) in [4.78, 5) is 56.1. The lowest BCUT2D eigenvalue weighted by atomic mass is 9.94. The van der Waals surface area contributed by atoms with Crippen molar-refractivity contribution in [2.45, 2.75) is 117 Å². The van der Waals surface area contributed by atoms with Gasteiger partial charge in [0.15, 0.2) is 0 Å². The van der Waals surface area contributed by atoms with Crippen LogP contribution in [-0.4, -0.2) is 69.8 Å². The largest absolute Gasteiger partial charge is 0.458 e. The first-order valence-corrected chi connectivity index (χ1v) is 15.4. The predicted molar refractivity (Wildman–Crippen MR) is 173 cm³/mol. The number of nitrogens with one attached hydrogen (secondary N) is 2. The van der Waals surface area contributed by atoms with Gasteiger partial charge in [0.25, 0.3) is 0 Å². The molecule has 4 unspecified atom stereocenters. The van der Waals surface area contributed by atoms with Crippen LogP contribution in [0.3, 0.4) is 0 Å². The normalized spacial score (nSPS) is 14.4. The maximum atomic E-state index is 14.5. The first-order chi connectivity index (χ1) is 20.9. The van der Waals surface area contributed by atoms with E-state index in [1.54, 1.807) is 54.5 Å². The standard InChI is InChI=1S/C35H51N3O7/c1-11-24(4)38(31(41)28(21-39)37-33(43)45-35(8,9)10)29(26-18-17-22(2)19-23(26)3)30(40)36-27(32(42)44-34(5,6)7)20-25-15-13-12-14-16-25/h12-19,24,27-29,39H,11,20-21H2,1-10H3,(H,36,40)(H,37,43). The molecule has 4 atom stereocenters. The third-order valence-electron chi connectivity index (χ3n) is 7.03. The molecule has 0 aromatic heterocycles. The van der Waals surface area contributed by atoms with E-state index in [0.29, 0.717) is 12.0 Å². The topological polar surface area (TPSA) is 134 Å². The van der Waals surface area contributed by atoms with Crippen LogP contribution in [0.1, 0.15) is 90.1 Å². The molecule has 0 bridgehead atoms. The molecule has 248 valence electrons. The van der Waals surface area contributed by atoms with E-state index in [9.17, 15) is 24.3 Å². The number of alkyl carbamates (subject to hydrolysis) is 1. The van der Waals surface area contributed by atoms with Crippen LogP contribution >= 0.6 is 0 Å². The van der Waals surface area contributed by atoms with Gasteiger partial charge in [-0.15, -0.1) is 0 Å². The molecule has 2 rings (SSSR count). The maximum Gasteiger partial charge on any atom is 0.408 e. The van der Waals surface area contributed by atoms with Gasteiger partial charge in [-0.2, -0.15) is 0 Å². The summed E-state index contributed by atoms with van der Waals surface area (Å²) in [5.41, 5.74) is 1.45. The number of rotatable bonds is 12. The molecule has 0 radical (unpaired) electrons. The molecule has 2 aromatic rings. The minimum atomic E-state index is -1.39. The molecule has 0 fully saturated rings. The third-order valence-corrected chi connectivity index (χ3v) is 7.03. The molecular weight excluding hydrogens is 574 g/mol. The summed E-state index contributed by atoms with van der Waals surface area (Å²) in [5, 5.41) is 15.6. The monoisotopic (exact) mass is 625 g/mol. The zero-order chi connectivity index (χ0) is 34.1. The van der Waals surface area contributed by atoms with E-state index in [1.807, 2.05) is 63.2 Å². The Morgan fingerprint density at radius 1 is 0.867 bits per heavy atom. The van der Waals surface area contributed by atoms with Gasteiger partial charge < -0.3 is 30.1 Å². The van der Waals surface area contributed by atoms with E-state index in [1.165, 1.54) is 4.90 Å². The van der Waals surface area contributed by atoms with E-state index in [-0.39, 0.29) is 6.42 Å². The lowest BCUT2D eigenvalue weighted by Gasteiger charge is -2.39. The summed E-state index contributed by atoms with van der Waals surface area (Å²) in [6, 6.07) is 10.6. The summed E-state index contributed by atoms with van der Waals surface area (Å²) >= 11 is 0. The van der Waals surface area contributed by atoms with Crippen molar-refractivity contribution in [2.75, 3.05) is 6.61 Å². The van der Waals surface area contributed by atoms with Crippen molar-refractivity contribution in [2.24, 2.45) is 0 Å². The molecule has 10 heteroatoms. The highest BCUT2D eigenvalue weighted by molar-refractivity contribution is 5.94. The highest BCUT2D eigenvalue weighted by Crippen LogP contribution is 2.29. The molecule has 2 aromatic carbocycles. The molecule has 0 spiro atoms. The Hall–Kier alpha value is -3.92. The molecule has 3 amide bonds. The zero-order valence-corrected chi connectivity index (χ0v) is 28.4. The van der Waals surface area contributed by atoms with Gasteiger partial charge in [0, 0.05) is 12.5 Å². The van der Waals surface area contributed by atoms with E-state index in [2.05, 4.69) is 10.6 Å². The smallest absolute Gasteiger partial charge is 0.408 e.